The Bertz CT molecular complexity index is 1570. The Morgan fingerprint density at radius 2 is 0.875 bits per heavy atom. The van der Waals surface area contributed by atoms with E-state index in [0.717, 1.165) is 51.4 Å². The van der Waals surface area contributed by atoms with Crippen molar-refractivity contribution in [2.45, 2.75) is 331 Å². The summed E-state index contributed by atoms with van der Waals surface area (Å²) in [6.45, 7) is 2.65. The highest BCUT2D eigenvalue weighted by atomic mass is 16.7. The normalized spacial score (nSPS) is 24.6. The second-order valence-corrected chi connectivity index (χ2v) is 22.9. The lowest BCUT2D eigenvalue weighted by Crippen LogP contribution is -2.65. The van der Waals surface area contributed by atoms with Gasteiger partial charge in [0.1, 0.15) is 48.8 Å². The van der Waals surface area contributed by atoms with Crippen LogP contribution in [0.25, 0.3) is 0 Å². The Morgan fingerprint density at radius 1 is 0.463 bits per heavy atom. The Hall–Kier alpha value is -2.31. The molecule has 14 nitrogen and oxygen atoms in total. The molecule has 0 spiro atoms. The largest absolute Gasteiger partial charge is 0.394 e. The molecule has 2 fully saturated rings. The molecule has 12 unspecified atom stereocenters. The van der Waals surface area contributed by atoms with Gasteiger partial charge in [0.2, 0.25) is 5.91 Å². The van der Waals surface area contributed by atoms with E-state index in [1.807, 2.05) is 6.08 Å². The van der Waals surface area contributed by atoms with Gasteiger partial charge < -0.3 is 65.1 Å². The van der Waals surface area contributed by atoms with Crippen molar-refractivity contribution in [1.29, 1.82) is 0 Å². The van der Waals surface area contributed by atoms with Crippen molar-refractivity contribution in [3.63, 3.8) is 0 Å². The van der Waals surface area contributed by atoms with Gasteiger partial charge in [-0.1, -0.05) is 248 Å². The molecule has 14 heteroatoms. The number of aliphatic hydroxyl groups excluding tert-OH is 8. The fraction of sp³-hybridized carbons (Fsp3) is 0.833. The Morgan fingerprint density at radius 3 is 1.38 bits per heavy atom. The molecule has 0 aliphatic carbocycles. The summed E-state index contributed by atoms with van der Waals surface area (Å²) in [4.78, 5) is 13.2. The fourth-order valence-electron chi connectivity index (χ4n) is 10.5. The molecule has 0 radical (unpaired) electrons. The van der Waals surface area contributed by atoms with E-state index in [4.69, 9.17) is 18.9 Å². The van der Waals surface area contributed by atoms with E-state index in [1.165, 1.54) is 173 Å². The molecule has 12 atom stereocenters. The predicted octanol–water partition coefficient (Wildman–Crippen LogP) is 12.1. The van der Waals surface area contributed by atoms with Crippen molar-refractivity contribution < 1.29 is 64.6 Å². The second kappa shape index (κ2) is 51.1. The van der Waals surface area contributed by atoms with Crippen molar-refractivity contribution in [1.82, 2.24) is 5.32 Å². The van der Waals surface area contributed by atoms with Crippen molar-refractivity contribution in [3.05, 3.63) is 60.8 Å². The highest BCUT2D eigenvalue weighted by Crippen LogP contribution is 2.30. The number of carbonyl (C=O) groups is 1. The molecule has 0 saturated carbocycles. The number of allylic oxidation sites excluding steroid dienone is 9. The number of rotatable bonds is 52. The maximum atomic E-state index is 13.2. The number of unbranched alkanes of at least 4 members (excludes halogenated alkanes) is 31. The van der Waals surface area contributed by atoms with E-state index in [-0.39, 0.29) is 18.9 Å². The van der Waals surface area contributed by atoms with E-state index in [1.54, 1.807) is 6.08 Å². The summed E-state index contributed by atoms with van der Waals surface area (Å²) in [5.74, 6) is -0.278. The van der Waals surface area contributed by atoms with Crippen LogP contribution in [0.1, 0.15) is 258 Å². The predicted molar refractivity (Wildman–Crippen MR) is 323 cm³/mol. The standard InChI is InChI=1S/C66H119NO13/c1-3-5-7-9-11-13-15-17-18-19-20-21-22-23-24-25-26-27-28-29-30-31-32-33-34-35-36-38-39-41-43-45-47-49-55(70)54(67-58(71)50-48-46-44-42-40-37-16-14-12-10-8-6-4-2)53-77-65-63(76)61(74)64(57(52-69)79-65)80-66-62(75)60(73)59(72)56(51-68)78-66/h6,8,12,14,37,39-41,47,49,54-57,59-66,68-70,72-76H,3-5,7,9-11,13,15-36,38,42-46,48,50-53H2,1-2H3,(H,67,71)/b8-6-,14-12-,40-37-,41-39+,49-47+. The molecule has 2 aliphatic heterocycles. The third-order valence-electron chi connectivity index (χ3n) is 15.7. The number of hydrogen-bond acceptors (Lipinski definition) is 13. The molecule has 9 N–H and O–H groups in total. The van der Waals surface area contributed by atoms with Gasteiger partial charge in [0.25, 0.3) is 0 Å². The average Bonchev–Trinajstić information content (AvgIpc) is 3.47. The quantitative estimate of drug-likeness (QED) is 0.0204. The topological polar surface area (TPSA) is 228 Å². The number of ether oxygens (including phenoxy) is 4. The SMILES string of the molecule is CC/C=C\C/C=C\C/C=C\CCCCCC(=O)NC(COC1OC(CO)C(OC2OC(CO)C(O)C(O)C2O)C(O)C1O)C(O)/C=C/CC/C=C/CCCCCCCCCCCCCCCCCCCCCCCCCCCCC. The lowest BCUT2D eigenvalue weighted by molar-refractivity contribution is -0.359. The van der Waals surface area contributed by atoms with Crippen LogP contribution in [-0.2, 0) is 23.7 Å². The van der Waals surface area contributed by atoms with Crippen LogP contribution in [-0.4, -0.2) is 140 Å². The third-order valence-corrected chi connectivity index (χ3v) is 15.7. The lowest BCUT2D eigenvalue weighted by atomic mass is 9.97. The van der Waals surface area contributed by atoms with Gasteiger partial charge in [-0.2, -0.15) is 0 Å². The number of aliphatic hydroxyl groups is 8. The maximum absolute atomic E-state index is 13.2. The van der Waals surface area contributed by atoms with E-state index < -0.39 is 86.8 Å². The molecule has 0 aromatic heterocycles. The van der Waals surface area contributed by atoms with Crippen LogP contribution < -0.4 is 5.32 Å². The van der Waals surface area contributed by atoms with E-state index in [0.29, 0.717) is 12.8 Å². The second-order valence-electron chi connectivity index (χ2n) is 22.9. The van der Waals surface area contributed by atoms with Crippen LogP contribution in [0.2, 0.25) is 0 Å². The highest BCUT2D eigenvalue weighted by Gasteiger charge is 2.51. The van der Waals surface area contributed by atoms with Crippen LogP contribution in [0.15, 0.2) is 60.8 Å². The van der Waals surface area contributed by atoms with Gasteiger partial charge in [-0.25, -0.2) is 0 Å². The van der Waals surface area contributed by atoms with E-state index in [2.05, 4.69) is 67.8 Å². The first-order chi connectivity index (χ1) is 39.1. The van der Waals surface area contributed by atoms with Crippen LogP contribution in [0.3, 0.4) is 0 Å². The molecule has 0 aromatic carbocycles. The zero-order chi connectivity index (χ0) is 58.1. The monoisotopic (exact) mass is 1130 g/mol. The van der Waals surface area contributed by atoms with E-state index >= 15 is 0 Å². The Balaban J connectivity index is 1.66. The summed E-state index contributed by atoms with van der Waals surface area (Å²) in [5, 5.41) is 87.0. The molecule has 2 saturated heterocycles. The number of amides is 1. The maximum Gasteiger partial charge on any atom is 0.220 e. The minimum atomic E-state index is -1.80. The number of nitrogens with one attached hydrogen (secondary N) is 1. The highest BCUT2D eigenvalue weighted by molar-refractivity contribution is 5.76. The number of hydrogen-bond donors (Lipinski definition) is 9. The van der Waals surface area contributed by atoms with Crippen LogP contribution in [0.5, 0.6) is 0 Å². The van der Waals surface area contributed by atoms with Crippen LogP contribution in [0.4, 0.5) is 0 Å². The summed E-state index contributed by atoms with van der Waals surface area (Å²) in [5.41, 5.74) is 0. The first kappa shape index (κ1) is 73.8. The number of carbonyl (C=O) groups excluding carboxylic acids is 1. The summed E-state index contributed by atoms with van der Waals surface area (Å²) in [7, 11) is 0. The first-order valence-corrected chi connectivity index (χ1v) is 32.5. The summed E-state index contributed by atoms with van der Waals surface area (Å²) >= 11 is 0. The van der Waals surface area contributed by atoms with E-state index in [9.17, 15) is 45.6 Å². The molecule has 2 heterocycles. The van der Waals surface area contributed by atoms with Gasteiger partial charge in [0, 0.05) is 6.42 Å². The summed E-state index contributed by atoms with van der Waals surface area (Å²) in [6, 6.07) is -0.949. The van der Waals surface area contributed by atoms with Gasteiger partial charge in [-0.15, -0.1) is 0 Å². The van der Waals surface area contributed by atoms with Crippen molar-refractivity contribution in [3.8, 4) is 0 Å². The van der Waals surface area contributed by atoms with Crippen LogP contribution in [0, 0.1) is 0 Å². The molecular weight excluding hydrogens is 1010 g/mol. The molecule has 1 amide bonds. The first-order valence-electron chi connectivity index (χ1n) is 32.5. The van der Waals surface area contributed by atoms with Gasteiger partial charge in [0.05, 0.1) is 32.0 Å². The zero-order valence-electron chi connectivity index (χ0n) is 50.3. The molecular formula is C66H119NO13. The third kappa shape index (κ3) is 35.7. The molecule has 2 rings (SSSR count). The molecule has 466 valence electrons. The smallest absolute Gasteiger partial charge is 0.220 e. The van der Waals surface area contributed by atoms with Gasteiger partial charge in [-0.05, 0) is 64.2 Å². The Kier molecular flexibility index (Phi) is 47.2. The van der Waals surface area contributed by atoms with Crippen molar-refractivity contribution >= 4 is 5.91 Å². The average molecular weight is 1130 g/mol. The molecule has 0 aromatic rings. The van der Waals surface area contributed by atoms with Gasteiger partial charge >= 0.3 is 0 Å². The lowest BCUT2D eigenvalue weighted by Gasteiger charge is -2.46. The molecule has 80 heavy (non-hydrogen) atoms. The minimum absolute atomic E-state index is 0.236. The Labute approximate surface area is 486 Å². The summed E-state index contributed by atoms with van der Waals surface area (Å²) in [6.07, 6.45) is 50.3. The van der Waals surface area contributed by atoms with Gasteiger partial charge in [0.15, 0.2) is 12.6 Å². The van der Waals surface area contributed by atoms with Crippen molar-refractivity contribution in [2.24, 2.45) is 0 Å². The van der Waals surface area contributed by atoms with Crippen molar-refractivity contribution in [2.75, 3.05) is 19.8 Å². The zero-order valence-corrected chi connectivity index (χ0v) is 50.3. The summed E-state index contributed by atoms with van der Waals surface area (Å²) < 4.78 is 22.7. The molecule has 0 bridgehead atoms. The van der Waals surface area contributed by atoms with Crippen LogP contribution >= 0.6 is 0 Å². The minimum Gasteiger partial charge on any atom is -0.394 e. The van der Waals surface area contributed by atoms with Gasteiger partial charge in [-0.3, -0.25) is 4.79 Å². The fourth-order valence-corrected chi connectivity index (χ4v) is 10.5. The molecule has 2 aliphatic rings.